The summed E-state index contributed by atoms with van der Waals surface area (Å²) in [6, 6.07) is 1.75. The van der Waals surface area contributed by atoms with Crippen molar-refractivity contribution in [1.29, 1.82) is 5.26 Å². The molecule has 0 radical (unpaired) electrons. The number of Topliss-reactive ketones (excluding diaryl/α,β-unsaturated/α-hetero) is 1. The van der Waals surface area contributed by atoms with Crippen LogP contribution in [-0.4, -0.2) is 133 Å². The lowest BCUT2D eigenvalue weighted by atomic mass is 9.81. The molecule has 1 unspecified atom stereocenters. The fourth-order valence-corrected chi connectivity index (χ4v) is 11.3. The second-order valence-electron chi connectivity index (χ2n) is 17.6. The number of carbonyl (C=O) groups excluding carboxylic acids is 1. The molecule has 0 amide bonds. The van der Waals surface area contributed by atoms with Crippen LogP contribution in [0.2, 0.25) is 0 Å². The molecule has 0 aromatic carbocycles. The zero-order valence-corrected chi connectivity index (χ0v) is 32.6. The summed E-state index contributed by atoms with van der Waals surface area (Å²) in [7, 11) is 1.63. The van der Waals surface area contributed by atoms with Gasteiger partial charge in [-0.1, -0.05) is 20.1 Å². The highest BCUT2D eigenvalue weighted by Gasteiger charge is 2.68. The van der Waals surface area contributed by atoms with E-state index >= 15 is 0 Å². The molecule has 0 aliphatic carbocycles. The topological polar surface area (TPSA) is 164 Å². The van der Waals surface area contributed by atoms with E-state index in [2.05, 4.69) is 20.1 Å². The highest BCUT2D eigenvalue weighted by atomic mass is 16.8. The highest BCUT2D eigenvalue weighted by Crippen LogP contribution is 2.54. The van der Waals surface area contributed by atoms with E-state index in [9.17, 15) is 15.0 Å². The van der Waals surface area contributed by atoms with Crippen molar-refractivity contribution >= 4 is 5.78 Å². The van der Waals surface area contributed by atoms with Gasteiger partial charge in [0, 0.05) is 58.5 Å². The van der Waals surface area contributed by atoms with Crippen molar-refractivity contribution in [3.05, 3.63) is 24.3 Å². The maximum atomic E-state index is 14.0. The monoisotopic (exact) mass is 771 g/mol. The minimum Gasteiger partial charge on any atom is -0.394 e. The van der Waals surface area contributed by atoms with Crippen molar-refractivity contribution < 1.29 is 57.6 Å². The van der Waals surface area contributed by atoms with Crippen molar-refractivity contribution in [3.8, 4) is 6.07 Å². The SMILES string of the molecule is C=C1C[C@@H]2CCC34C[C@H]5O[C@H]6[C@@H](O3)[C@H]3O[C@H](CC[C@@H]3O[C@H]6[C@@H]5O4)CC(=O)C[C@@H]3[C@@H](OC)[C@@H](C[C@H](O)CO)O[C@H]3C[C@H]3O[C@@H](CC[C@H]1O2)C[C@@H](C)C3=C.CC#N. The summed E-state index contributed by atoms with van der Waals surface area (Å²) < 4.78 is 59.8. The average molecular weight is 772 g/mol. The fraction of sp³-hybridized carbons (Fsp3) is 0.857. The first-order valence-corrected chi connectivity index (χ1v) is 20.8. The number of rotatable bonds is 4. The average Bonchev–Trinajstić information content (AvgIpc) is 3.83. The Morgan fingerprint density at radius 1 is 0.836 bits per heavy atom. The normalized spacial score (nSPS) is 49.7. The van der Waals surface area contributed by atoms with Gasteiger partial charge >= 0.3 is 0 Å². The second kappa shape index (κ2) is 16.5. The number of ketones is 1. The second-order valence-corrected chi connectivity index (χ2v) is 17.6. The lowest BCUT2D eigenvalue weighted by Crippen LogP contribution is -2.61. The molecule has 55 heavy (non-hydrogen) atoms. The Morgan fingerprint density at radius 3 is 2.33 bits per heavy atom. The van der Waals surface area contributed by atoms with E-state index < -0.39 is 24.1 Å². The van der Waals surface area contributed by atoms with Gasteiger partial charge in [0.2, 0.25) is 0 Å². The molecule has 10 fully saturated rings. The molecule has 10 rings (SSSR count). The van der Waals surface area contributed by atoms with Gasteiger partial charge in [0.15, 0.2) is 5.79 Å². The molecule has 19 atom stereocenters. The van der Waals surface area contributed by atoms with Crippen LogP contribution >= 0.6 is 0 Å². The summed E-state index contributed by atoms with van der Waals surface area (Å²) in [5.41, 5.74) is 2.17. The number of methoxy groups -OCH3 is 1. The number of aliphatic hydroxyl groups excluding tert-OH is 2. The molecule has 10 aliphatic heterocycles. The molecule has 2 N–H and O–H groups in total. The van der Waals surface area contributed by atoms with E-state index in [1.165, 1.54) is 6.92 Å². The van der Waals surface area contributed by atoms with Gasteiger partial charge in [-0.05, 0) is 62.0 Å². The van der Waals surface area contributed by atoms with Crippen molar-refractivity contribution in [1.82, 2.24) is 0 Å². The standard InChI is InChI=1S/C40H58O12.C2H3N/c1-19-11-24-5-7-28-20(2)12-26(45-28)9-10-40-17-33-36(51-40)37-38(50-33)39(52-40)35-29(49-37)8-6-25(47-35)13-22(42)14-27-31(16-30(46-24)21(19)3)48-32(34(27)44-4)15-23(43)18-41;1-2-3/h19,23-39,41,43H,2-3,5-18H2,1,4H3;1H3/t19-,23+,24+,25-,26+,27+,28-,29+,30-,31+,32-,33-,34-,35+,36-,37+,38-,39+,40?;/m1./s1. The number of hydrogen-bond donors (Lipinski definition) is 2. The number of aliphatic hydroxyl groups is 2. The van der Waals surface area contributed by atoms with Gasteiger partial charge in [0.1, 0.15) is 36.3 Å². The smallest absolute Gasteiger partial charge is 0.172 e. The summed E-state index contributed by atoms with van der Waals surface area (Å²) in [6.45, 7) is 12.1. The molecule has 10 saturated heterocycles. The number of carbonyl (C=O) groups is 1. The van der Waals surface area contributed by atoms with Crippen molar-refractivity contribution in [3.63, 3.8) is 0 Å². The maximum absolute atomic E-state index is 14.0. The first-order chi connectivity index (χ1) is 26.5. The molecule has 0 aromatic heterocycles. The van der Waals surface area contributed by atoms with Crippen LogP contribution < -0.4 is 0 Å². The van der Waals surface area contributed by atoms with Gasteiger partial charge in [0.05, 0.1) is 79.8 Å². The summed E-state index contributed by atoms with van der Waals surface area (Å²) in [4.78, 5) is 14.0. The largest absolute Gasteiger partial charge is 0.394 e. The van der Waals surface area contributed by atoms with Gasteiger partial charge in [-0.3, -0.25) is 4.79 Å². The minimum absolute atomic E-state index is 0.0260. The number of fused-ring (bicyclic) bond motifs is 6. The Balaban J connectivity index is 0.00000138. The Kier molecular flexibility index (Phi) is 12.0. The van der Waals surface area contributed by atoms with E-state index in [1.807, 2.05) is 0 Å². The third-order valence-corrected chi connectivity index (χ3v) is 13.9. The molecule has 0 saturated carbocycles. The van der Waals surface area contributed by atoms with Gasteiger partial charge in [-0.25, -0.2) is 0 Å². The van der Waals surface area contributed by atoms with E-state index in [-0.39, 0.29) is 123 Å². The van der Waals surface area contributed by atoms with Crippen LogP contribution in [0.1, 0.15) is 97.3 Å². The van der Waals surface area contributed by atoms with Crippen molar-refractivity contribution in [2.75, 3.05) is 13.7 Å². The van der Waals surface area contributed by atoms with Crippen LogP contribution in [-0.2, 0) is 47.4 Å². The minimum atomic E-state index is -0.951. The number of hydrogen-bond acceptors (Lipinski definition) is 13. The Hall–Kier alpha value is -1.80. The van der Waals surface area contributed by atoms with Crippen LogP contribution in [0, 0.1) is 23.2 Å². The van der Waals surface area contributed by atoms with Gasteiger partial charge in [0.25, 0.3) is 0 Å². The summed E-state index contributed by atoms with van der Waals surface area (Å²) in [5.74, 6) is -0.709. The van der Waals surface area contributed by atoms with Crippen LogP contribution in [0.25, 0.3) is 0 Å². The zero-order valence-electron chi connectivity index (χ0n) is 32.6. The molecular weight excluding hydrogens is 710 g/mol. The first-order valence-electron chi connectivity index (χ1n) is 20.8. The van der Waals surface area contributed by atoms with Gasteiger partial charge in [-0.15, -0.1) is 0 Å². The third-order valence-electron chi connectivity index (χ3n) is 13.9. The molecular formula is C42H61NO12. The lowest BCUT2D eigenvalue weighted by Gasteiger charge is -2.47. The van der Waals surface area contributed by atoms with Crippen LogP contribution in [0.15, 0.2) is 24.3 Å². The van der Waals surface area contributed by atoms with E-state index in [0.717, 1.165) is 49.7 Å². The highest BCUT2D eigenvalue weighted by molar-refractivity contribution is 5.79. The molecule has 0 aromatic rings. The Bertz CT molecular complexity index is 1470. The molecule has 13 heteroatoms. The van der Waals surface area contributed by atoms with E-state index in [1.54, 1.807) is 13.2 Å². The Labute approximate surface area is 324 Å². The summed E-state index contributed by atoms with van der Waals surface area (Å²) in [5, 5.41) is 27.4. The van der Waals surface area contributed by atoms with Crippen LogP contribution in [0.5, 0.6) is 0 Å². The summed E-state index contributed by atoms with van der Waals surface area (Å²) >= 11 is 0. The number of nitriles is 1. The zero-order chi connectivity index (χ0) is 38.6. The Morgan fingerprint density at radius 2 is 1.55 bits per heavy atom. The lowest BCUT2D eigenvalue weighted by molar-refractivity contribution is -0.292. The fourth-order valence-electron chi connectivity index (χ4n) is 11.3. The molecule has 10 aliphatic rings. The molecule has 12 bridgehead atoms. The van der Waals surface area contributed by atoms with Crippen LogP contribution in [0.4, 0.5) is 0 Å². The third kappa shape index (κ3) is 7.88. The van der Waals surface area contributed by atoms with Crippen molar-refractivity contribution in [2.24, 2.45) is 11.8 Å². The number of nitrogens with zero attached hydrogens (tertiary/aromatic N) is 1. The van der Waals surface area contributed by atoms with Gasteiger partial charge in [-0.2, -0.15) is 5.26 Å². The van der Waals surface area contributed by atoms with E-state index in [0.29, 0.717) is 25.7 Å². The first kappa shape index (κ1) is 40.0. The molecule has 306 valence electrons. The van der Waals surface area contributed by atoms with Crippen molar-refractivity contribution in [2.45, 2.75) is 201 Å². The molecule has 10 heterocycles. The predicted octanol–water partition coefficient (Wildman–Crippen LogP) is 4.00. The van der Waals surface area contributed by atoms with E-state index in [4.69, 9.17) is 47.9 Å². The maximum Gasteiger partial charge on any atom is 0.172 e. The van der Waals surface area contributed by atoms with Gasteiger partial charge < -0.3 is 52.8 Å². The predicted molar refractivity (Wildman–Crippen MR) is 196 cm³/mol. The van der Waals surface area contributed by atoms with Crippen LogP contribution in [0.3, 0.4) is 0 Å². The molecule has 13 nitrogen and oxygen atoms in total. The quantitative estimate of drug-likeness (QED) is 0.395. The molecule has 1 spiro atoms. The number of ether oxygens (including phenoxy) is 9. The summed E-state index contributed by atoms with van der Waals surface area (Å²) in [6.07, 6.45) is 4.01.